The van der Waals surface area contributed by atoms with Crippen molar-refractivity contribution in [2.24, 2.45) is 10.9 Å². The van der Waals surface area contributed by atoms with Crippen molar-refractivity contribution in [3.8, 4) is 0 Å². The highest BCUT2D eigenvalue weighted by molar-refractivity contribution is 6.06. The molecule has 19 heavy (non-hydrogen) atoms. The van der Waals surface area contributed by atoms with Gasteiger partial charge in [0.25, 0.3) is 5.91 Å². The largest absolute Gasteiger partial charge is 0.409 e. The lowest BCUT2D eigenvalue weighted by molar-refractivity contribution is 0.0810. The maximum atomic E-state index is 12.3. The fourth-order valence-electron chi connectivity index (χ4n) is 1.82. The van der Waals surface area contributed by atoms with E-state index in [0.29, 0.717) is 5.69 Å². The van der Waals surface area contributed by atoms with Crippen LogP contribution in [0, 0.1) is 0 Å². The quantitative estimate of drug-likeness (QED) is 0.372. The first-order valence-corrected chi connectivity index (χ1v) is 5.69. The summed E-state index contributed by atoms with van der Waals surface area (Å²) >= 11 is 0. The van der Waals surface area contributed by atoms with Gasteiger partial charge in [0.05, 0.1) is 6.54 Å². The zero-order valence-corrected chi connectivity index (χ0v) is 10.4. The number of pyridine rings is 1. The smallest absolute Gasteiger partial charge is 0.273 e. The van der Waals surface area contributed by atoms with E-state index in [9.17, 15) is 4.79 Å². The fraction of sp³-hybridized carbons (Fsp3) is 0.154. The van der Waals surface area contributed by atoms with Gasteiger partial charge in [-0.2, -0.15) is 0 Å². The first-order valence-electron chi connectivity index (χ1n) is 5.69. The van der Waals surface area contributed by atoms with Gasteiger partial charge in [0, 0.05) is 18.6 Å². The van der Waals surface area contributed by atoms with Crippen LogP contribution in [-0.2, 0) is 0 Å². The molecule has 0 atom stereocenters. The van der Waals surface area contributed by atoms with Gasteiger partial charge in [-0.3, -0.25) is 9.78 Å². The molecule has 6 nitrogen and oxygen atoms in total. The minimum atomic E-state index is -0.275. The molecule has 0 aliphatic carbocycles. The molecule has 0 unspecified atom stereocenters. The van der Waals surface area contributed by atoms with Crippen LogP contribution in [0.2, 0.25) is 0 Å². The minimum Gasteiger partial charge on any atom is -0.409 e. The van der Waals surface area contributed by atoms with E-state index in [1.54, 1.807) is 13.2 Å². The summed E-state index contributed by atoms with van der Waals surface area (Å²) in [5.74, 6) is -0.306. The third-order valence-electron chi connectivity index (χ3n) is 2.75. The van der Waals surface area contributed by atoms with Crippen LogP contribution in [0.5, 0.6) is 0 Å². The lowest BCUT2D eigenvalue weighted by atomic mass is 10.1. The molecule has 1 aromatic heterocycles. The topological polar surface area (TPSA) is 91.8 Å². The lowest BCUT2D eigenvalue weighted by Crippen LogP contribution is -2.36. The Bertz CT molecular complexity index is 634. The van der Waals surface area contributed by atoms with Crippen molar-refractivity contribution in [3.05, 3.63) is 42.2 Å². The highest BCUT2D eigenvalue weighted by Crippen LogP contribution is 2.17. The molecule has 0 aliphatic heterocycles. The number of fused-ring (bicyclic) bond motifs is 1. The Balaban J connectivity index is 2.36. The van der Waals surface area contributed by atoms with Gasteiger partial charge in [-0.25, -0.2) is 0 Å². The highest BCUT2D eigenvalue weighted by atomic mass is 16.4. The maximum Gasteiger partial charge on any atom is 0.273 e. The molecule has 2 rings (SSSR count). The molecular weight excluding hydrogens is 244 g/mol. The Kier molecular flexibility index (Phi) is 3.61. The van der Waals surface area contributed by atoms with Crippen molar-refractivity contribution in [1.82, 2.24) is 9.88 Å². The lowest BCUT2D eigenvalue weighted by Gasteiger charge is -2.16. The van der Waals surface area contributed by atoms with Gasteiger partial charge in [-0.05, 0) is 11.5 Å². The Morgan fingerprint density at radius 1 is 1.42 bits per heavy atom. The van der Waals surface area contributed by atoms with Crippen LogP contribution >= 0.6 is 0 Å². The number of hydrogen-bond acceptors (Lipinski definition) is 4. The number of oxime groups is 1. The number of rotatable bonds is 3. The normalized spacial score (nSPS) is 11.5. The number of carbonyl (C=O) groups is 1. The summed E-state index contributed by atoms with van der Waals surface area (Å²) in [6, 6.07) is 9.35. The number of benzene rings is 1. The molecule has 0 saturated heterocycles. The van der Waals surface area contributed by atoms with Gasteiger partial charge >= 0.3 is 0 Å². The van der Waals surface area contributed by atoms with Crippen LogP contribution < -0.4 is 5.73 Å². The van der Waals surface area contributed by atoms with E-state index in [-0.39, 0.29) is 18.3 Å². The second kappa shape index (κ2) is 5.34. The van der Waals surface area contributed by atoms with Crippen LogP contribution in [0.25, 0.3) is 10.8 Å². The monoisotopic (exact) mass is 258 g/mol. The number of nitrogens with two attached hydrogens (primary N) is 1. The van der Waals surface area contributed by atoms with Gasteiger partial charge in [-0.15, -0.1) is 0 Å². The molecule has 0 aliphatic rings. The van der Waals surface area contributed by atoms with E-state index >= 15 is 0 Å². The molecule has 0 spiro atoms. The number of amidine groups is 1. The van der Waals surface area contributed by atoms with Crippen molar-refractivity contribution >= 4 is 22.5 Å². The van der Waals surface area contributed by atoms with Crippen LogP contribution in [0.3, 0.4) is 0 Å². The molecule has 98 valence electrons. The molecule has 2 aromatic rings. The van der Waals surface area contributed by atoms with Crippen LogP contribution in [0.15, 0.2) is 41.7 Å². The number of likely N-dealkylation sites (N-methyl/N-ethyl adjacent to an activating group) is 1. The summed E-state index contributed by atoms with van der Waals surface area (Å²) in [5.41, 5.74) is 5.74. The second-order valence-electron chi connectivity index (χ2n) is 4.13. The molecule has 0 saturated carbocycles. The molecule has 3 N–H and O–H groups in total. The SMILES string of the molecule is CN(CC(N)=NO)C(=O)c1nccc2ccccc12. The van der Waals surface area contributed by atoms with E-state index in [2.05, 4.69) is 10.1 Å². The zero-order chi connectivity index (χ0) is 13.8. The van der Waals surface area contributed by atoms with Gasteiger partial charge < -0.3 is 15.8 Å². The molecule has 1 heterocycles. The highest BCUT2D eigenvalue weighted by Gasteiger charge is 2.16. The number of carbonyl (C=O) groups excluding carboxylic acids is 1. The summed E-state index contributed by atoms with van der Waals surface area (Å²) in [5, 5.41) is 13.1. The van der Waals surface area contributed by atoms with E-state index in [1.165, 1.54) is 4.90 Å². The third-order valence-corrected chi connectivity index (χ3v) is 2.75. The summed E-state index contributed by atoms with van der Waals surface area (Å²) in [7, 11) is 1.57. The first-order chi connectivity index (χ1) is 9.13. The minimum absolute atomic E-state index is 0.0314. The summed E-state index contributed by atoms with van der Waals surface area (Å²) in [6.45, 7) is 0.0419. The van der Waals surface area contributed by atoms with Crippen LogP contribution in [0.4, 0.5) is 0 Å². The number of nitrogens with zero attached hydrogens (tertiary/aromatic N) is 3. The molecule has 1 amide bonds. The summed E-state index contributed by atoms with van der Waals surface area (Å²) < 4.78 is 0. The van der Waals surface area contributed by atoms with E-state index < -0.39 is 0 Å². The Labute approximate surface area is 110 Å². The van der Waals surface area contributed by atoms with Crippen molar-refractivity contribution in [2.75, 3.05) is 13.6 Å². The Morgan fingerprint density at radius 3 is 2.89 bits per heavy atom. The Hall–Kier alpha value is -2.63. The second-order valence-corrected chi connectivity index (χ2v) is 4.13. The summed E-state index contributed by atoms with van der Waals surface area (Å²) in [4.78, 5) is 17.8. The van der Waals surface area contributed by atoms with Crippen LogP contribution in [-0.4, -0.2) is 40.4 Å². The molecule has 0 bridgehead atoms. The fourth-order valence-corrected chi connectivity index (χ4v) is 1.82. The predicted molar refractivity (Wildman–Crippen MR) is 72.1 cm³/mol. The van der Waals surface area contributed by atoms with Gasteiger partial charge in [-0.1, -0.05) is 29.4 Å². The van der Waals surface area contributed by atoms with Crippen molar-refractivity contribution in [1.29, 1.82) is 0 Å². The predicted octanol–water partition coefficient (Wildman–Crippen LogP) is 1.05. The Morgan fingerprint density at radius 2 is 2.16 bits per heavy atom. The van der Waals surface area contributed by atoms with Crippen molar-refractivity contribution < 1.29 is 10.0 Å². The van der Waals surface area contributed by atoms with Crippen LogP contribution in [0.1, 0.15) is 10.5 Å². The van der Waals surface area contributed by atoms with E-state index in [0.717, 1.165) is 10.8 Å². The zero-order valence-electron chi connectivity index (χ0n) is 10.4. The van der Waals surface area contributed by atoms with Crippen molar-refractivity contribution in [2.45, 2.75) is 0 Å². The third kappa shape index (κ3) is 2.62. The van der Waals surface area contributed by atoms with Crippen molar-refractivity contribution in [3.63, 3.8) is 0 Å². The molecule has 0 radical (unpaired) electrons. The summed E-state index contributed by atoms with van der Waals surface area (Å²) in [6.07, 6.45) is 1.59. The van der Waals surface area contributed by atoms with Gasteiger partial charge in [0.2, 0.25) is 0 Å². The molecule has 6 heteroatoms. The average molecular weight is 258 g/mol. The molecular formula is C13H14N4O2. The standard InChI is InChI=1S/C13H14N4O2/c1-17(8-11(14)16-19)13(18)12-10-5-3-2-4-9(10)6-7-15-12/h2-7,19H,8H2,1H3,(H2,14,16). The first kappa shape index (κ1) is 12.8. The van der Waals surface area contributed by atoms with Gasteiger partial charge in [0.1, 0.15) is 5.69 Å². The maximum absolute atomic E-state index is 12.3. The number of aromatic nitrogens is 1. The number of hydrogen-bond donors (Lipinski definition) is 2. The van der Waals surface area contributed by atoms with Gasteiger partial charge in [0.15, 0.2) is 5.84 Å². The van der Waals surface area contributed by atoms with E-state index in [1.807, 2.05) is 30.3 Å². The number of amides is 1. The molecule has 0 fully saturated rings. The molecule has 1 aromatic carbocycles. The van der Waals surface area contributed by atoms with E-state index in [4.69, 9.17) is 10.9 Å². The average Bonchev–Trinajstić information content (AvgIpc) is 2.45.